The number of aromatic nitrogens is 3. The van der Waals surface area contributed by atoms with Gasteiger partial charge in [-0.25, -0.2) is 9.97 Å². The van der Waals surface area contributed by atoms with E-state index in [0.717, 1.165) is 40.8 Å². The Kier molecular flexibility index (Phi) is 5.01. The van der Waals surface area contributed by atoms with E-state index in [-0.39, 0.29) is 0 Å². The summed E-state index contributed by atoms with van der Waals surface area (Å²) in [4.78, 5) is 10.7. The monoisotopic (exact) mass is 416 g/mol. The number of anilines is 2. The second kappa shape index (κ2) is 7.95. The number of benzene rings is 2. The molecule has 152 valence electrons. The van der Waals surface area contributed by atoms with E-state index in [0.29, 0.717) is 5.92 Å². The summed E-state index contributed by atoms with van der Waals surface area (Å²) >= 11 is 1.77. The fraction of sp³-hybridized carbons (Fsp3) is 0.250. The third-order valence-electron chi connectivity index (χ3n) is 5.58. The second-order valence-electron chi connectivity index (χ2n) is 7.62. The number of rotatable bonds is 5. The van der Waals surface area contributed by atoms with Gasteiger partial charge in [0.05, 0.1) is 30.5 Å². The molecule has 0 saturated carbocycles. The molecular formula is C24H24N4OS. The van der Waals surface area contributed by atoms with Crippen molar-refractivity contribution in [2.24, 2.45) is 0 Å². The van der Waals surface area contributed by atoms with Gasteiger partial charge in [0.25, 0.3) is 0 Å². The molecular weight excluding hydrogens is 392 g/mol. The lowest BCUT2D eigenvalue weighted by Gasteiger charge is -2.21. The standard InChI is InChI=1S/C24H24N4OS/c1-16-14-28(15-25-16)20-12-11-18(13-21(20)29-2)26-24-27-23-19(9-6-10-22(23)30-24)17-7-4-3-5-8-17/h3-5,7-8,11-15,19H,6,9-10H2,1-2H3,(H,26,27)/t19-/m1/s1. The Hall–Kier alpha value is -3.12. The molecule has 1 aliphatic rings. The van der Waals surface area contributed by atoms with Crippen molar-refractivity contribution < 1.29 is 4.74 Å². The zero-order valence-electron chi connectivity index (χ0n) is 17.1. The third kappa shape index (κ3) is 3.59. The maximum Gasteiger partial charge on any atom is 0.187 e. The van der Waals surface area contributed by atoms with E-state index in [2.05, 4.69) is 46.7 Å². The highest BCUT2D eigenvalue weighted by Gasteiger charge is 2.26. The molecule has 4 aromatic rings. The molecule has 1 aliphatic carbocycles. The predicted octanol–water partition coefficient (Wildman–Crippen LogP) is 5.86. The van der Waals surface area contributed by atoms with Gasteiger partial charge in [-0.15, -0.1) is 11.3 Å². The van der Waals surface area contributed by atoms with Crippen LogP contribution in [-0.2, 0) is 6.42 Å². The molecule has 6 heteroatoms. The molecule has 0 radical (unpaired) electrons. The maximum absolute atomic E-state index is 5.64. The van der Waals surface area contributed by atoms with Crippen LogP contribution >= 0.6 is 11.3 Å². The largest absolute Gasteiger partial charge is 0.494 e. The number of nitrogens with zero attached hydrogens (tertiary/aromatic N) is 3. The first-order valence-electron chi connectivity index (χ1n) is 10.2. The number of hydrogen-bond donors (Lipinski definition) is 1. The number of imidazole rings is 1. The number of nitrogens with one attached hydrogen (secondary N) is 1. The molecule has 1 atom stereocenters. The van der Waals surface area contributed by atoms with E-state index < -0.39 is 0 Å². The number of methoxy groups -OCH3 is 1. The minimum atomic E-state index is 0.392. The van der Waals surface area contributed by atoms with Crippen molar-refractivity contribution in [3.8, 4) is 11.4 Å². The van der Waals surface area contributed by atoms with Crippen LogP contribution in [0.15, 0.2) is 61.1 Å². The fourth-order valence-corrected chi connectivity index (χ4v) is 5.21. The first-order chi connectivity index (χ1) is 14.7. The zero-order valence-corrected chi connectivity index (χ0v) is 17.9. The molecule has 1 N–H and O–H groups in total. The van der Waals surface area contributed by atoms with Crippen molar-refractivity contribution in [3.05, 3.63) is 82.9 Å². The van der Waals surface area contributed by atoms with Gasteiger partial charge in [0.15, 0.2) is 5.13 Å². The van der Waals surface area contributed by atoms with Gasteiger partial charge in [-0.05, 0) is 43.9 Å². The van der Waals surface area contributed by atoms with Crippen molar-refractivity contribution in [2.45, 2.75) is 32.1 Å². The van der Waals surface area contributed by atoms with Crippen molar-refractivity contribution in [2.75, 3.05) is 12.4 Å². The third-order valence-corrected chi connectivity index (χ3v) is 6.62. The second-order valence-corrected chi connectivity index (χ2v) is 8.70. The minimum absolute atomic E-state index is 0.392. The summed E-state index contributed by atoms with van der Waals surface area (Å²) in [6, 6.07) is 16.9. The van der Waals surface area contributed by atoms with Gasteiger partial charge in [0, 0.05) is 28.7 Å². The van der Waals surface area contributed by atoms with E-state index in [4.69, 9.17) is 9.72 Å². The van der Waals surface area contributed by atoms with Crippen molar-refractivity contribution in [3.63, 3.8) is 0 Å². The predicted molar refractivity (Wildman–Crippen MR) is 121 cm³/mol. The lowest BCUT2D eigenvalue weighted by molar-refractivity contribution is 0.413. The maximum atomic E-state index is 5.64. The summed E-state index contributed by atoms with van der Waals surface area (Å²) < 4.78 is 7.61. The Balaban J connectivity index is 1.42. The normalized spacial score (nSPS) is 15.6. The highest BCUT2D eigenvalue weighted by molar-refractivity contribution is 7.15. The van der Waals surface area contributed by atoms with Crippen LogP contribution < -0.4 is 10.1 Å². The number of hydrogen-bond acceptors (Lipinski definition) is 5. The molecule has 5 rings (SSSR count). The smallest absolute Gasteiger partial charge is 0.187 e. The fourth-order valence-electron chi connectivity index (χ4n) is 4.13. The van der Waals surface area contributed by atoms with E-state index in [1.807, 2.05) is 29.8 Å². The molecule has 30 heavy (non-hydrogen) atoms. The van der Waals surface area contributed by atoms with Crippen LogP contribution in [-0.4, -0.2) is 21.6 Å². The average molecular weight is 417 g/mol. The molecule has 2 aromatic heterocycles. The molecule has 0 spiro atoms. The Morgan fingerprint density at radius 2 is 2.03 bits per heavy atom. The minimum Gasteiger partial charge on any atom is -0.494 e. The average Bonchev–Trinajstić information content (AvgIpc) is 3.39. The SMILES string of the molecule is COc1cc(Nc2nc3c(s2)CCC[C@@H]3c2ccccc2)ccc1-n1cnc(C)c1. The van der Waals surface area contributed by atoms with Gasteiger partial charge in [0.1, 0.15) is 5.75 Å². The van der Waals surface area contributed by atoms with Gasteiger partial charge < -0.3 is 14.6 Å². The lowest BCUT2D eigenvalue weighted by atomic mass is 9.85. The number of thiazole rings is 1. The van der Waals surface area contributed by atoms with Gasteiger partial charge in [-0.3, -0.25) is 0 Å². The van der Waals surface area contributed by atoms with Gasteiger partial charge in [-0.1, -0.05) is 30.3 Å². The van der Waals surface area contributed by atoms with E-state index in [9.17, 15) is 0 Å². The molecule has 0 bridgehead atoms. The lowest BCUT2D eigenvalue weighted by Crippen LogP contribution is -2.09. The summed E-state index contributed by atoms with van der Waals surface area (Å²) in [5.41, 5.74) is 5.50. The van der Waals surface area contributed by atoms with Crippen LogP contribution in [0.4, 0.5) is 10.8 Å². The molecule has 0 aliphatic heterocycles. The summed E-state index contributed by atoms with van der Waals surface area (Å²) in [6.07, 6.45) is 7.27. The molecule has 0 fully saturated rings. The first-order valence-corrected chi connectivity index (χ1v) is 11.0. The van der Waals surface area contributed by atoms with Gasteiger partial charge in [-0.2, -0.15) is 0 Å². The van der Waals surface area contributed by atoms with E-state index in [1.165, 1.54) is 22.6 Å². The van der Waals surface area contributed by atoms with Crippen LogP contribution in [0.3, 0.4) is 0 Å². The number of ether oxygens (including phenoxy) is 1. The Morgan fingerprint density at radius 3 is 2.80 bits per heavy atom. The van der Waals surface area contributed by atoms with Crippen molar-refractivity contribution >= 4 is 22.2 Å². The molecule has 2 aromatic carbocycles. The van der Waals surface area contributed by atoms with Gasteiger partial charge >= 0.3 is 0 Å². The Bertz CT molecular complexity index is 1170. The summed E-state index contributed by atoms with van der Waals surface area (Å²) in [5, 5.41) is 4.44. The van der Waals surface area contributed by atoms with Crippen molar-refractivity contribution in [1.82, 2.24) is 14.5 Å². The molecule has 5 nitrogen and oxygen atoms in total. The van der Waals surface area contributed by atoms with Crippen molar-refractivity contribution in [1.29, 1.82) is 0 Å². The molecule has 0 amide bonds. The van der Waals surface area contributed by atoms with E-state index in [1.54, 1.807) is 24.8 Å². The Labute approximate surface area is 180 Å². The van der Waals surface area contributed by atoms with Crippen LogP contribution in [0, 0.1) is 6.92 Å². The zero-order chi connectivity index (χ0) is 20.5. The van der Waals surface area contributed by atoms with Crippen LogP contribution in [0.25, 0.3) is 5.69 Å². The Morgan fingerprint density at radius 1 is 1.17 bits per heavy atom. The number of fused-ring (bicyclic) bond motifs is 1. The molecule has 0 unspecified atom stereocenters. The quantitative estimate of drug-likeness (QED) is 0.443. The first kappa shape index (κ1) is 18.9. The van der Waals surface area contributed by atoms with Gasteiger partial charge in [0.2, 0.25) is 0 Å². The topological polar surface area (TPSA) is 52.0 Å². The van der Waals surface area contributed by atoms with Crippen LogP contribution in [0.1, 0.15) is 40.6 Å². The highest BCUT2D eigenvalue weighted by atomic mass is 32.1. The van der Waals surface area contributed by atoms with Crippen LogP contribution in [0.5, 0.6) is 5.75 Å². The summed E-state index contributed by atoms with van der Waals surface area (Å²) in [7, 11) is 1.69. The summed E-state index contributed by atoms with van der Waals surface area (Å²) in [6.45, 7) is 1.98. The number of aryl methyl sites for hydroxylation is 2. The molecule has 2 heterocycles. The molecule has 0 saturated heterocycles. The highest BCUT2D eigenvalue weighted by Crippen LogP contribution is 2.41. The summed E-state index contributed by atoms with van der Waals surface area (Å²) in [5.74, 6) is 1.18. The van der Waals surface area contributed by atoms with E-state index >= 15 is 0 Å². The van der Waals surface area contributed by atoms with Crippen LogP contribution in [0.2, 0.25) is 0 Å².